The molecular formula is C17H17Cl2NO3. The molecule has 4 nitrogen and oxygen atoms in total. The predicted octanol–water partition coefficient (Wildman–Crippen LogP) is 4.26. The van der Waals surface area contributed by atoms with Crippen molar-refractivity contribution in [3.05, 3.63) is 58.1 Å². The van der Waals surface area contributed by atoms with Crippen LogP contribution in [0.25, 0.3) is 0 Å². The monoisotopic (exact) mass is 353 g/mol. The number of carbonyl (C=O) groups is 1. The molecule has 1 unspecified atom stereocenters. The fraction of sp³-hybridized carbons (Fsp3) is 0.235. The van der Waals surface area contributed by atoms with Gasteiger partial charge in [0.25, 0.3) is 5.91 Å². The summed E-state index contributed by atoms with van der Waals surface area (Å²) in [6, 6.07) is 12.1. The van der Waals surface area contributed by atoms with Crippen LogP contribution in [0.4, 0.5) is 0 Å². The van der Waals surface area contributed by atoms with E-state index in [1.807, 2.05) is 13.0 Å². The number of benzene rings is 2. The van der Waals surface area contributed by atoms with Crippen LogP contribution in [0.5, 0.6) is 11.5 Å². The fourth-order valence-electron chi connectivity index (χ4n) is 1.97. The highest BCUT2D eigenvalue weighted by atomic mass is 35.5. The van der Waals surface area contributed by atoms with Gasteiger partial charge < -0.3 is 14.8 Å². The van der Waals surface area contributed by atoms with Crippen molar-refractivity contribution in [3.8, 4) is 11.5 Å². The third-order valence-corrected chi connectivity index (χ3v) is 3.99. The number of ether oxygens (including phenoxy) is 2. The van der Waals surface area contributed by atoms with Crippen LogP contribution in [0.15, 0.2) is 42.5 Å². The number of halogens is 2. The molecule has 0 aliphatic carbocycles. The lowest BCUT2D eigenvalue weighted by Gasteiger charge is -2.15. The van der Waals surface area contributed by atoms with Gasteiger partial charge in [0.05, 0.1) is 23.2 Å². The molecule has 122 valence electrons. The van der Waals surface area contributed by atoms with Gasteiger partial charge in [0.2, 0.25) is 0 Å². The van der Waals surface area contributed by atoms with Gasteiger partial charge in [0, 0.05) is 0 Å². The van der Waals surface area contributed by atoms with Gasteiger partial charge >= 0.3 is 0 Å². The second kappa shape index (κ2) is 8.09. The summed E-state index contributed by atoms with van der Waals surface area (Å²) in [5, 5.41) is 3.79. The molecule has 2 aromatic carbocycles. The zero-order valence-electron chi connectivity index (χ0n) is 12.8. The van der Waals surface area contributed by atoms with Crippen LogP contribution >= 0.6 is 23.2 Å². The molecule has 2 rings (SSSR count). The molecule has 0 spiro atoms. The minimum Gasteiger partial charge on any atom is -0.497 e. The number of carbonyl (C=O) groups excluding carboxylic acids is 1. The van der Waals surface area contributed by atoms with Crippen LogP contribution in [0.3, 0.4) is 0 Å². The van der Waals surface area contributed by atoms with Crippen molar-refractivity contribution in [3.63, 3.8) is 0 Å². The lowest BCUT2D eigenvalue weighted by molar-refractivity contribution is -0.123. The Hall–Kier alpha value is -1.91. The maximum atomic E-state index is 12.0. The first kappa shape index (κ1) is 17.4. The van der Waals surface area contributed by atoms with Crippen molar-refractivity contribution in [1.82, 2.24) is 5.32 Å². The van der Waals surface area contributed by atoms with E-state index in [0.29, 0.717) is 15.8 Å². The van der Waals surface area contributed by atoms with Crippen LogP contribution in [0.2, 0.25) is 10.0 Å². The Balaban J connectivity index is 1.86. The predicted molar refractivity (Wildman–Crippen MR) is 91.5 cm³/mol. The van der Waals surface area contributed by atoms with E-state index in [1.165, 1.54) is 0 Å². The highest BCUT2D eigenvalue weighted by molar-refractivity contribution is 6.42. The van der Waals surface area contributed by atoms with E-state index >= 15 is 0 Å². The van der Waals surface area contributed by atoms with E-state index in [2.05, 4.69) is 5.32 Å². The van der Waals surface area contributed by atoms with Crippen molar-refractivity contribution < 1.29 is 14.3 Å². The molecule has 6 heteroatoms. The van der Waals surface area contributed by atoms with E-state index in [0.717, 1.165) is 11.3 Å². The molecular weight excluding hydrogens is 337 g/mol. The topological polar surface area (TPSA) is 47.6 Å². The molecule has 1 amide bonds. The standard InChI is InChI=1S/C17H17Cl2NO3/c1-11(12-3-8-15(18)16(19)9-12)20-17(21)10-23-14-6-4-13(22-2)5-7-14/h3-9,11H,10H2,1-2H3,(H,20,21). The van der Waals surface area contributed by atoms with Crippen molar-refractivity contribution in [2.45, 2.75) is 13.0 Å². The van der Waals surface area contributed by atoms with E-state index < -0.39 is 0 Å². The normalized spacial score (nSPS) is 11.7. The van der Waals surface area contributed by atoms with E-state index in [1.54, 1.807) is 43.5 Å². The summed E-state index contributed by atoms with van der Waals surface area (Å²) in [6.45, 7) is 1.79. The molecule has 0 aliphatic heterocycles. The van der Waals surface area contributed by atoms with Crippen molar-refractivity contribution in [1.29, 1.82) is 0 Å². The van der Waals surface area contributed by atoms with E-state index in [4.69, 9.17) is 32.7 Å². The maximum absolute atomic E-state index is 12.0. The van der Waals surface area contributed by atoms with Crippen molar-refractivity contribution in [2.75, 3.05) is 13.7 Å². The van der Waals surface area contributed by atoms with Crippen LogP contribution in [0.1, 0.15) is 18.5 Å². The number of amides is 1. The lowest BCUT2D eigenvalue weighted by Crippen LogP contribution is -2.31. The Bertz CT molecular complexity index is 674. The molecule has 1 N–H and O–H groups in total. The minimum atomic E-state index is -0.223. The Morgan fingerprint density at radius 3 is 2.35 bits per heavy atom. The Morgan fingerprint density at radius 1 is 1.09 bits per heavy atom. The first-order valence-corrected chi connectivity index (χ1v) is 7.76. The summed E-state index contributed by atoms with van der Waals surface area (Å²) >= 11 is 11.9. The fourth-order valence-corrected chi connectivity index (χ4v) is 2.28. The number of methoxy groups -OCH3 is 1. The first-order valence-electron chi connectivity index (χ1n) is 7.00. The quantitative estimate of drug-likeness (QED) is 0.843. The average molecular weight is 354 g/mol. The second-order valence-electron chi connectivity index (χ2n) is 4.93. The average Bonchev–Trinajstić information content (AvgIpc) is 2.55. The van der Waals surface area contributed by atoms with Crippen LogP contribution in [-0.2, 0) is 4.79 Å². The van der Waals surface area contributed by atoms with Gasteiger partial charge in [-0.3, -0.25) is 4.79 Å². The maximum Gasteiger partial charge on any atom is 0.258 e. The number of rotatable bonds is 6. The third kappa shape index (κ3) is 5.05. The first-order chi connectivity index (χ1) is 11.0. The molecule has 0 heterocycles. The zero-order chi connectivity index (χ0) is 16.8. The summed E-state index contributed by atoms with van der Waals surface area (Å²) in [6.07, 6.45) is 0. The Labute approximate surface area is 145 Å². The molecule has 0 saturated carbocycles. The molecule has 0 fully saturated rings. The SMILES string of the molecule is COc1ccc(OCC(=O)NC(C)c2ccc(Cl)c(Cl)c2)cc1. The summed E-state index contributed by atoms with van der Waals surface area (Å²) in [5.41, 5.74) is 0.872. The largest absolute Gasteiger partial charge is 0.497 e. The number of hydrogen-bond acceptors (Lipinski definition) is 3. The smallest absolute Gasteiger partial charge is 0.258 e. The number of nitrogens with one attached hydrogen (secondary N) is 1. The Morgan fingerprint density at radius 2 is 1.74 bits per heavy atom. The van der Waals surface area contributed by atoms with E-state index in [9.17, 15) is 4.79 Å². The molecule has 1 atom stereocenters. The molecule has 0 saturated heterocycles. The van der Waals surface area contributed by atoms with Gasteiger partial charge in [-0.25, -0.2) is 0 Å². The van der Waals surface area contributed by atoms with Gasteiger partial charge in [-0.05, 0) is 48.9 Å². The van der Waals surface area contributed by atoms with Crippen LogP contribution in [-0.4, -0.2) is 19.6 Å². The van der Waals surface area contributed by atoms with Gasteiger partial charge in [-0.2, -0.15) is 0 Å². The van der Waals surface area contributed by atoms with Gasteiger partial charge in [-0.15, -0.1) is 0 Å². The minimum absolute atomic E-state index is 0.0714. The van der Waals surface area contributed by atoms with Gasteiger partial charge in [0.1, 0.15) is 11.5 Å². The highest BCUT2D eigenvalue weighted by Gasteiger charge is 2.11. The number of hydrogen-bond donors (Lipinski definition) is 1. The molecule has 0 aliphatic rings. The highest BCUT2D eigenvalue weighted by Crippen LogP contribution is 2.25. The van der Waals surface area contributed by atoms with Crippen LogP contribution < -0.4 is 14.8 Å². The second-order valence-corrected chi connectivity index (χ2v) is 5.74. The van der Waals surface area contributed by atoms with E-state index in [-0.39, 0.29) is 18.6 Å². The van der Waals surface area contributed by atoms with Crippen LogP contribution in [0, 0.1) is 0 Å². The lowest BCUT2D eigenvalue weighted by atomic mass is 10.1. The molecule has 0 aromatic heterocycles. The zero-order valence-corrected chi connectivity index (χ0v) is 14.3. The Kier molecular flexibility index (Phi) is 6.13. The third-order valence-electron chi connectivity index (χ3n) is 3.25. The van der Waals surface area contributed by atoms with Crippen molar-refractivity contribution >= 4 is 29.1 Å². The summed E-state index contributed by atoms with van der Waals surface area (Å²) in [4.78, 5) is 12.0. The van der Waals surface area contributed by atoms with Gasteiger partial charge in [0.15, 0.2) is 6.61 Å². The molecule has 23 heavy (non-hydrogen) atoms. The van der Waals surface area contributed by atoms with Crippen molar-refractivity contribution in [2.24, 2.45) is 0 Å². The van der Waals surface area contributed by atoms with Gasteiger partial charge in [-0.1, -0.05) is 29.3 Å². The molecule has 0 radical (unpaired) electrons. The summed E-state index contributed by atoms with van der Waals surface area (Å²) in [7, 11) is 1.59. The molecule has 0 bridgehead atoms. The summed E-state index contributed by atoms with van der Waals surface area (Å²) < 4.78 is 10.5. The molecule has 2 aromatic rings. The summed E-state index contributed by atoms with van der Waals surface area (Å²) in [5.74, 6) is 1.11.